The van der Waals surface area contributed by atoms with Crippen LogP contribution in [0.2, 0.25) is 0 Å². The van der Waals surface area contributed by atoms with Crippen LogP contribution < -0.4 is 20.9 Å². The van der Waals surface area contributed by atoms with Gasteiger partial charge in [-0.3, -0.25) is 0 Å². The minimum Gasteiger partial charge on any atom is -0.480 e. The summed E-state index contributed by atoms with van der Waals surface area (Å²) < 4.78 is 11.0. The lowest BCUT2D eigenvalue weighted by atomic mass is 10.1. The first-order valence-corrected chi connectivity index (χ1v) is 6.57. The third kappa shape index (κ3) is 3.01. The summed E-state index contributed by atoms with van der Waals surface area (Å²) in [6, 6.07) is 1.68. The van der Waals surface area contributed by atoms with Gasteiger partial charge in [-0.15, -0.1) is 6.42 Å². The van der Waals surface area contributed by atoms with Crippen molar-refractivity contribution in [3.05, 3.63) is 23.5 Å². The standard InChI is InChI=1S/C15H17N5O2/c1-5-9-6-10(12(8(2)3)19-14(9)21-4)22-11-7-18-15(17)20-13(11)16/h1,6-8H,2-4H3,(H4,16,17,18,20). The first-order chi connectivity index (χ1) is 10.5. The van der Waals surface area contributed by atoms with Crippen molar-refractivity contribution in [1.82, 2.24) is 15.0 Å². The minimum atomic E-state index is 0.0751. The molecule has 0 radical (unpaired) electrons. The fourth-order valence-electron chi connectivity index (χ4n) is 1.84. The first kappa shape index (κ1) is 15.4. The van der Waals surface area contributed by atoms with E-state index >= 15 is 0 Å². The van der Waals surface area contributed by atoms with E-state index in [0.717, 1.165) is 0 Å². The van der Waals surface area contributed by atoms with E-state index in [4.69, 9.17) is 27.4 Å². The van der Waals surface area contributed by atoms with Gasteiger partial charge < -0.3 is 20.9 Å². The normalized spacial score (nSPS) is 10.3. The number of pyridine rings is 1. The molecule has 0 aliphatic heterocycles. The zero-order chi connectivity index (χ0) is 16.3. The number of terminal acetylenes is 1. The molecule has 0 saturated heterocycles. The molecule has 114 valence electrons. The Hall–Kier alpha value is -3.01. The topological polar surface area (TPSA) is 109 Å². The molecule has 2 rings (SSSR count). The molecule has 0 bridgehead atoms. The summed E-state index contributed by atoms with van der Waals surface area (Å²) in [5.74, 6) is 3.95. The van der Waals surface area contributed by atoms with Gasteiger partial charge in [-0.25, -0.2) is 9.97 Å². The van der Waals surface area contributed by atoms with E-state index in [9.17, 15) is 0 Å². The van der Waals surface area contributed by atoms with Gasteiger partial charge in [0.15, 0.2) is 17.3 Å². The second kappa shape index (κ2) is 6.18. The Kier molecular flexibility index (Phi) is 4.32. The maximum absolute atomic E-state index is 5.78. The van der Waals surface area contributed by atoms with Crippen LogP contribution in [0.25, 0.3) is 0 Å². The summed E-state index contributed by atoms with van der Waals surface area (Å²) in [5, 5.41) is 0. The van der Waals surface area contributed by atoms with Crippen LogP contribution in [-0.4, -0.2) is 22.1 Å². The molecular formula is C15H17N5O2. The van der Waals surface area contributed by atoms with Crippen molar-refractivity contribution in [3.63, 3.8) is 0 Å². The molecule has 0 spiro atoms. The van der Waals surface area contributed by atoms with Crippen LogP contribution >= 0.6 is 0 Å². The summed E-state index contributed by atoms with van der Waals surface area (Å²) in [7, 11) is 1.51. The van der Waals surface area contributed by atoms with Crippen molar-refractivity contribution in [3.8, 4) is 29.7 Å². The second-order valence-corrected chi connectivity index (χ2v) is 4.81. The summed E-state index contributed by atoms with van der Waals surface area (Å²) in [5.41, 5.74) is 12.4. The molecule has 7 heteroatoms. The van der Waals surface area contributed by atoms with E-state index in [2.05, 4.69) is 20.9 Å². The van der Waals surface area contributed by atoms with Crippen molar-refractivity contribution in [2.45, 2.75) is 19.8 Å². The van der Waals surface area contributed by atoms with Gasteiger partial charge in [0.2, 0.25) is 11.8 Å². The predicted octanol–water partition coefficient (Wildman–Crippen LogP) is 1.94. The summed E-state index contributed by atoms with van der Waals surface area (Å²) in [4.78, 5) is 12.1. The maximum atomic E-state index is 5.78. The Balaban J connectivity index is 2.51. The van der Waals surface area contributed by atoms with Crippen molar-refractivity contribution >= 4 is 11.8 Å². The number of rotatable bonds is 4. The van der Waals surface area contributed by atoms with Gasteiger partial charge >= 0.3 is 0 Å². The van der Waals surface area contributed by atoms with Crippen LogP contribution in [0.3, 0.4) is 0 Å². The number of nitrogens with zero attached hydrogens (tertiary/aromatic N) is 3. The number of ether oxygens (including phenoxy) is 2. The first-order valence-electron chi connectivity index (χ1n) is 6.57. The van der Waals surface area contributed by atoms with Gasteiger partial charge in [0.05, 0.1) is 24.6 Å². The van der Waals surface area contributed by atoms with Crippen LogP contribution in [0.1, 0.15) is 31.0 Å². The van der Waals surface area contributed by atoms with Crippen LogP contribution in [0, 0.1) is 12.3 Å². The molecule has 0 saturated carbocycles. The molecule has 0 aliphatic carbocycles. The van der Waals surface area contributed by atoms with Crippen LogP contribution in [0.4, 0.5) is 11.8 Å². The largest absolute Gasteiger partial charge is 0.480 e. The minimum absolute atomic E-state index is 0.0751. The van der Waals surface area contributed by atoms with Crippen molar-refractivity contribution in [1.29, 1.82) is 0 Å². The van der Waals surface area contributed by atoms with Crippen LogP contribution in [0.15, 0.2) is 12.3 Å². The van der Waals surface area contributed by atoms with Gasteiger partial charge in [-0.2, -0.15) is 4.98 Å². The third-order valence-corrected chi connectivity index (χ3v) is 2.90. The van der Waals surface area contributed by atoms with Gasteiger partial charge in [-0.1, -0.05) is 19.8 Å². The van der Waals surface area contributed by atoms with Crippen LogP contribution in [-0.2, 0) is 0 Å². The highest BCUT2D eigenvalue weighted by atomic mass is 16.5. The highest BCUT2D eigenvalue weighted by molar-refractivity contribution is 5.53. The highest BCUT2D eigenvalue weighted by Crippen LogP contribution is 2.34. The average Bonchev–Trinajstić information content (AvgIpc) is 2.49. The molecule has 0 amide bonds. The molecule has 7 nitrogen and oxygen atoms in total. The zero-order valence-electron chi connectivity index (χ0n) is 12.6. The molecule has 22 heavy (non-hydrogen) atoms. The Morgan fingerprint density at radius 2 is 1.95 bits per heavy atom. The van der Waals surface area contributed by atoms with Crippen molar-refractivity contribution in [2.24, 2.45) is 0 Å². The van der Waals surface area contributed by atoms with Crippen LogP contribution in [0.5, 0.6) is 17.4 Å². The molecule has 0 aromatic carbocycles. The molecule has 4 N–H and O–H groups in total. The highest BCUT2D eigenvalue weighted by Gasteiger charge is 2.17. The van der Waals surface area contributed by atoms with E-state index in [1.807, 2.05) is 13.8 Å². The Morgan fingerprint density at radius 1 is 1.23 bits per heavy atom. The van der Waals surface area contributed by atoms with Gasteiger partial charge in [0, 0.05) is 6.07 Å². The number of aromatic nitrogens is 3. The lowest BCUT2D eigenvalue weighted by Crippen LogP contribution is -2.05. The van der Waals surface area contributed by atoms with Crippen molar-refractivity contribution in [2.75, 3.05) is 18.6 Å². The van der Waals surface area contributed by atoms with Crippen molar-refractivity contribution < 1.29 is 9.47 Å². The van der Waals surface area contributed by atoms with Gasteiger partial charge in [-0.05, 0) is 5.92 Å². The van der Waals surface area contributed by atoms with Gasteiger partial charge in [0.1, 0.15) is 0 Å². The summed E-state index contributed by atoms with van der Waals surface area (Å²) in [6.07, 6.45) is 6.88. The number of hydrogen-bond donors (Lipinski definition) is 2. The monoisotopic (exact) mass is 299 g/mol. The zero-order valence-corrected chi connectivity index (χ0v) is 12.6. The summed E-state index contributed by atoms with van der Waals surface area (Å²) >= 11 is 0. The molecule has 0 fully saturated rings. The second-order valence-electron chi connectivity index (χ2n) is 4.81. The lowest BCUT2D eigenvalue weighted by Gasteiger charge is -2.15. The molecule has 0 unspecified atom stereocenters. The fourth-order valence-corrected chi connectivity index (χ4v) is 1.84. The number of nitrogen functional groups attached to an aromatic ring is 2. The molecule has 0 aliphatic rings. The number of nitrogens with two attached hydrogens (primary N) is 2. The Bertz CT molecular complexity index is 737. The molecule has 2 aromatic rings. The fraction of sp³-hybridized carbons (Fsp3) is 0.267. The Labute approximate surface area is 128 Å². The molecular weight excluding hydrogens is 282 g/mol. The third-order valence-electron chi connectivity index (χ3n) is 2.90. The number of hydrogen-bond acceptors (Lipinski definition) is 7. The van der Waals surface area contributed by atoms with E-state index in [1.165, 1.54) is 13.3 Å². The van der Waals surface area contributed by atoms with E-state index in [-0.39, 0.29) is 23.4 Å². The van der Waals surface area contributed by atoms with E-state index < -0.39 is 0 Å². The molecule has 0 atom stereocenters. The van der Waals surface area contributed by atoms with E-state index in [1.54, 1.807) is 6.07 Å². The van der Waals surface area contributed by atoms with Gasteiger partial charge in [0.25, 0.3) is 0 Å². The Morgan fingerprint density at radius 3 is 2.50 bits per heavy atom. The smallest absolute Gasteiger partial charge is 0.229 e. The van der Waals surface area contributed by atoms with E-state index in [0.29, 0.717) is 22.9 Å². The molecule has 2 aromatic heterocycles. The average molecular weight is 299 g/mol. The number of anilines is 2. The summed E-state index contributed by atoms with van der Waals surface area (Å²) in [6.45, 7) is 3.96. The predicted molar refractivity (Wildman–Crippen MR) is 83.7 cm³/mol. The lowest BCUT2D eigenvalue weighted by molar-refractivity contribution is 0.389. The SMILES string of the molecule is C#Cc1cc(Oc2cnc(N)nc2N)c(C(C)C)nc1OC. The quantitative estimate of drug-likeness (QED) is 0.830. The maximum Gasteiger partial charge on any atom is 0.229 e. The molecule has 2 heterocycles. The number of methoxy groups -OCH3 is 1.